The largest absolute Gasteiger partial charge is 0.464 e. The summed E-state index contributed by atoms with van der Waals surface area (Å²) >= 11 is 0. The molecule has 7 heteroatoms. The van der Waals surface area contributed by atoms with Crippen LogP contribution in [0.15, 0.2) is 59.2 Å². The zero-order valence-corrected chi connectivity index (χ0v) is 15.3. The van der Waals surface area contributed by atoms with Gasteiger partial charge in [-0.05, 0) is 25.2 Å². The average Bonchev–Trinajstić information content (AvgIpc) is 2.98. The summed E-state index contributed by atoms with van der Waals surface area (Å²) in [5.41, 5.74) is 0.992. The van der Waals surface area contributed by atoms with Crippen LogP contribution in [0.3, 0.4) is 0 Å². The number of likely N-dealkylation sites (N-methyl/N-ethyl adjacent to an activating group) is 1. The van der Waals surface area contributed by atoms with Crippen LogP contribution in [0, 0.1) is 5.82 Å². The van der Waals surface area contributed by atoms with E-state index in [2.05, 4.69) is 0 Å². The Labute approximate surface area is 160 Å². The monoisotopic (exact) mass is 399 g/mol. The van der Waals surface area contributed by atoms with Crippen molar-refractivity contribution < 1.29 is 22.0 Å². The van der Waals surface area contributed by atoms with E-state index >= 15 is 0 Å². The van der Waals surface area contributed by atoms with Crippen LogP contribution in [0.5, 0.6) is 0 Å². The molecule has 0 saturated heterocycles. The van der Waals surface area contributed by atoms with Gasteiger partial charge in [-0.25, -0.2) is 4.39 Å². The van der Waals surface area contributed by atoms with Crippen molar-refractivity contribution >= 4 is 29.5 Å². The van der Waals surface area contributed by atoms with Gasteiger partial charge in [-0.1, -0.05) is 36.4 Å². The Bertz CT molecular complexity index is 933. The molecule has 0 aliphatic carbocycles. The number of nitrogens with zero attached hydrogens (tertiary/aromatic N) is 1. The van der Waals surface area contributed by atoms with Gasteiger partial charge in [-0.3, -0.25) is 4.90 Å². The predicted octanol–water partition coefficient (Wildman–Crippen LogP) is 6.16. The van der Waals surface area contributed by atoms with Gasteiger partial charge in [0.15, 0.2) is 0 Å². The van der Waals surface area contributed by atoms with E-state index in [1.807, 2.05) is 36.2 Å². The van der Waals surface area contributed by atoms with Gasteiger partial charge in [-0.15, -0.1) is 12.4 Å². The first-order chi connectivity index (χ1) is 12.3. The van der Waals surface area contributed by atoms with Gasteiger partial charge < -0.3 is 4.42 Å². The van der Waals surface area contributed by atoms with E-state index in [1.165, 1.54) is 6.08 Å². The third-order valence-electron chi connectivity index (χ3n) is 4.04. The van der Waals surface area contributed by atoms with E-state index in [0.717, 1.165) is 28.7 Å². The van der Waals surface area contributed by atoms with Gasteiger partial charge in [0.25, 0.3) is 0 Å². The molecule has 0 amide bonds. The quantitative estimate of drug-likeness (QED) is 0.478. The first-order valence-electron chi connectivity index (χ1n) is 8.01. The number of alkyl halides is 3. The van der Waals surface area contributed by atoms with Gasteiger partial charge in [0.05, 0.1) is 11.8 Å². The fourth-order valence-electron chi connectivity index (χ4n) is 2.71. The molecular weight excluding hydrogens is 382 g/mol. The lowest BCUT2D eigenvalue weighted by molar-refractivity contribution is -0.137. The molecule has 1 aromatic heterocycles. The predicted molar refractivity (Wildman–Crippen MR) is 100 cm³/mol. The Morgan fingerprint density at radius 1 is 1.11 bits per heavy atom. The van der Waals surface area contributed by atoms with E-state index in [0.29, 0.717) is 19.2 Å². The molecule has 3 rings (SSSR count). The van der Waals surface area contributed by atoms with Crippen LogP contribution in [-0.2, 0) is 12.7 Å². The lowest BCUT2D eigenvalue weighted by atomic mass is 10.1. The lowest BCUT2D eigenvalue weighted by Gasteiger charge is -2.13. The number of furan rings is 1. The normalized spacial score (nSPS) is 12.1. The second-order valence-electron chi connectivity index (χ2n) is 6.09. The van der Waals surface area contributed by atoms with Crippen molar-refractivity contribution in [3.63, 3.8) is 0 Å². The Kier molecular flexibility index (Phi) is 6.68. The summed E-state index contributed by atoms with van der Waals surface area (Å²) in [5.74, 6) is -0.889. The number of para-hydroxylation sites is 1. The highest BCUT2D eigenvalue weighted by Crippen LogP contribution is 2.30. The summed E-state index contributed by atoms with van der Waals surface area (Å²) in [6.45, 7) is 1.15. The maximum Gasteiger partial charge on any atom is 0.416 e. The van der Waals surface area contributed by atoms with E-state index in [4.69, 9.17) is 4.42 Å². The highest BCUT2D eigenvalue weighted by atomic mass is 35.5. The minimum Gasteiger partial charge on any atom is -0.464 e. The number of rotatable bonds is 5. The Morgan fingerprint density at radius 3 is 2.56 bits per heavy atom. The zero-order valence-electron chi connectivity index (χ0n) is 14.5. The van der Waals surface area contributed by atoms with Crippen molar-refractivity contribution in [1.82, 2.24) is 4.90 Å². The molecule has 2 nitrogen and oxygen atoms in total. The summed E-state index contributed by atoms with van der Waals surface area (Å²) in [4.78, 5) is 2.00. The van der Waals surface area contributed by atoms with Crippen molar-refractivity contribution in [3.05, 3.63) is 77.3 Å². The van der Waals surface area contributed by atoms with Crippen LogP contribution in [0.2, 0.25) is 0 Å². The molecule has 0 spiro atoms. The summed E-state index contributed by atoms with van der Waals surface area (Å²) < 4.78 is 56.9. The Morgan fingerprint density at radius 2 is 1.85 bits per heavy atom. The van der Waals surface area contributed by atoms with Crippen molar-refractivity contribution in [3.8, 4) is 0 Å². The van der Waals surface area contributed by atoms with Crippen molar-refractivity contribution in [2.45, 2.75) is 12.7 Å². The lowest BCUT2D eigenvalue weighted by Crippen LogP contribution is -2.17. The molecule has 144 valence electrons. The maximum atomic E-state index is 13.8. The van der Waals surface area contributed by atoms with E-state index in [9.17, 15) is 17.6 Å². The number of hydrogen-bond donors (Lipinski definition) is 0. The first kappa shape index (κ1) is 21.0. The van der Waals surface area contributed by atoms with Crippen LogP contribution in [0.25, 0.3) is 17.0 Å². The molecule has 0 unspecified atom stereocenters. The molecular formula is C20H18ClF4NO. The second kappa shape index (κ2) is 8.59. The molecule has 0 aliphatic rings. The maximum absolute atomic E-state index is 13.8. The molecule has 2 aromatic carbocycles. The van der Waals surface area contributed by atoms with Crippen molar-refractivity contribution in [2.75, 3.05) is 13.6 Å². The third kappa shape index (κ3) is 5.11. The molecule has 0 fully saturated rings. The van der Waals surface area contributed by atoms with Crippen LogP contribution in [0.4, 0.5) is 17.6 Å². The minimum atomic E-state index is -4.54. The van der Waals surface area contributed by atoms with E-state index < -0.39 is 17.6 Å². The van der Waals surface area contributed by atoms with Crippen LogP contribution < -0.4 is 0 Å². The van der Waals surface area contributed by atoms with Crippen LogP contribution in [0.1, 0.15) is 16.7 Å². The van der Waals surface area contributed by atoms with E-state index in [1.54, 1.807) is 12.3 Å². The molecule has 0 atom stereocenters. The fourth-order valence-corrected chi connectivity index (χ4v) is 2.71. The van der Waals surface area contributed by atoms with Gasteiger partial charge >= 0.3 is 6.18 Å². The summed E-state index contributed by atoms with van der Waals surface area (Å²) in [6, 6.07) is 10.3. The topological polar surface area (TPSA) is 16.4 Å². The molecule has 3 aromatic rings. The average molecular weight is 400 g/mol. The standard InChI is InChI=1S/C20H17F4NO.ClH/c1-25(12-15-13-26-19-7-3-2-6-17(15)19)10-4-5-14-8-9-16(11-18(14)21)20(22,23)24;/h2-9,11,13H,10,12H2,1H3;1H/b5-4+;. The van der Waals surface area contributed by atoms with Gasteiger partial charge in [-0.2, -0.15) is 13.2 Å². The highest BCUT2D eigenvalue weighted by molar-refractivity contribution is 5.85. The molecule has 1 heterocycles. The van der Waals surface area contributed by atoms with Crippen LogP contribution >= 0.6 is 12.4 Å². The van der Waals surface area contributed by atoms with Gasteiger partial charge in [0, 0.05) is 29.6 Å². The summed E-state index contributed by atoms with van der Waals surface area (Å²) in [6.07, 6.45) is 0.366. The molecule has 27 heavy (non-hydrogen) atoms. The molecule has 0 aliphatic heterocycles. The van der Waals surface area contributed by atoms with Crippen LogP contribution in [-0.4, -0.2) is 18.5 Å². The molecule has 0 saturated carbocycles. The molecule has 0 radical (unpaired) electrons. The number of halogens is 5. The van der Waals surface area contributed by atoms with Gasteiger partial charge in [0.2, 0.25) is 0 Å². The third-order valence-corrected chi connectivity index (χ3v) is 4.04. The number of benzene rings is 2. The summed E-state index contributed by atoms with van der Waals surface area (Å²) in [7, 11) is 1.90. The fraction of sp³-hybridized carbons (Fsp3) is 0.200. The summed E-state index contributed by atoms with van der Waals surface area (Å²) in [5, 5.41) is 1.04. The van der Waals surface area contributed by atoms with Crippen molar-refractivity contribution in [1.29, 1.82) is 0 Å². The van der Waals surface area contributed by atoms with E-state index in [-0.39, 0.29) is 18.0 Å². The second-order valence-corrected chi connectivity index (χ2v) is 6.09. The Balaban J connectivity index is 0.00000261. The molecule has 0 N–H and O–H groups in total. The number of hydrogen-bond acceptors (Lipinski definition) is 2. The van der Waals surface area contributed by atoms with Gasteiger partial charge in [0.1, 0.15) is 11.4 Å². The number of fused-ring (bicyclic) bond motifs is 1. The molecule has 0 bridgehead atoms. The minimum absolute atomic E-state index is 0. The highest BCUT2D eigenvalue weighted by Gasteiger charge is 2.30. The first-order valence-corrected chi connectivity index (χ1v) is 8.01. The smallest absolute Gasteiger partial charge is 0.416 e. The SMILES string of the molecule is CN(C/C=C/c1ccc(C(F)(F)F)cc1F)Cc1coc2ccccc12.Cl. The Hall–Kier alpha value is -2.31. The van der Waals surface area contributed by atoms with Crippen molar-refractivity contribution in [2.24, 2.45) is 0 Å². The zero-order chi connectivity index (χ0) is 18.7.